The normalized spacial score (nSPS) is 22.4. The molecule has 2 aliphatic rings. The predicted molar refractivity (Wildman–Crippen MR) is 94.2 cm³/mol. The van der Waals surface area contributed by atoms with E-state index in [9.17, 15) is 9.59 Å². The first kappa shape index (κ1) is 16.5. The average Bonchev–Trinajstić information content (AvgIpc) is 2.93. The maximum absolute atomic E-state index is 12.5. The second-order valence-electron chi connectivity index (χ2n) is 6.69. The molecule has 0 aromatic heterocycles. The van der Waals surface area contributed by atoms with Gasteiger partial charge in [0.25, 0.3) is 0 Å². The van der Waals surface area contributed by atoms with Crippen molar-refractivity contribution in [3.8, 4) is 0 Å². The Kier molecular flexibility index (Phi) is 5.05. The number of hydrogen-bond acceptors (Lipinski definition) is 2. The Morgan fingerprint density at radius 1 is 1.26 bits per heavy atom. The van der Waals surface area contributed by atoms with E-state index in [1.165, 1.54) is 19.3 Å². The number of anilines is 1. The Morgan fingerprint density at radius 3 is 2.70 bits per heavy atom. The van der Waals surface area contributed by atoms with Gasteiger partial charge in [-0.1, -0.05) is 35.2 Å². The van der Waals surface area contributed by atoms with Crippen LogP contribution in [0.5, 0.6) is 0 Å². The number of benzene rings is 1. The molecule has 3 rings (SSSR count). The van der Waals surface area contributed by atoms with Crippen LogP contribution in [0, 0.1) is 12.8 Å². The molecule has 1 aliphatic heterocycles. The first-order chi connectivity index (χ1) is 11.0. The summed E-state index contributed by atoms with van der Waals surface area (Å²) < 4.78 is 0.993. The van der Waals surface area contributed by atoms with Crippen LogP contribution in [-0.2, 0) is 9.59 Å². The summed E-state index contributed by atoms with van der Waals surface area (Å²) in [4.78, 5) is 26.8. The predicted octanol–water partition coefficient (Wildman–Crippen LogP) is 3.88. The van der Waals surface area contributed by atoms with Crippen LogP contribution >= 0.6 is 15.9 Å². The monoisotopic (exact) mass is 378 g/mol. The highest BCUT2D eigenvalue weighted by atomic mass is 79.9. The summed E-state index contributed by atoms with van der Waals surface area (Å²) in [5.41, 5.74) is 1.84. The minimum atomic E-state index is -0.229. The van der Waals surface area contributed by atoms with Crippen molar-refractivity contribution < 1.29 is 9.59 Å². The number of nitrogens with zero attached hydrogens (tertiary/aromatic N) is 1. The fraction of sp³-hybridized carbons (Fsp3) is 0.556. The van der Waals surface area contributed by atoms with Gasteiger partial charge in [-0.3, -0.25) is 9.59 Å². The van der Waals surface area contributed by atoms with E-state index in [-0.39, 0.29) is 17.7 Å². The highest BCUT2D eigenvalue weighted by Crippen LogP contribution is 2.29. The summed E-state index contributed by atoms with van der Waals surface area (Å²) in [6.07, 6.45) is 6.19. The lowest BCUT2D eigenvalue weighted by Crippen LogP contribution is -2.38. The van der Waals surface area contributed by atoms with Gasteiger partial charge < -0.3 is 10.2 Å². The van der Waals surface area contributed by atoms with Crippen molar-refractivity contribution in [1.29, 1.82) is 0 Å². The van der Waals surface area contributed by atoms with Crippen molar-refractivity contribution in [3.63, 3.8) is 0 Å². The second kappa shape index (κ2) is 7.04. The van der Waals surface area contributed by atoms with E-state index in [1.54, 1.807) is 0 Å². The van der Waals surface area contributed by atoms with Crippen LogP contribution in [0.4, 0.5) is 5.69 Å². The molecule has 1 aromatic rings. The third-order valence-corrected chi connectivity index (χ3v) is 5.48. The molecule has 1 aliphatic carbocycles. The van der Waals surface area contributed by atoms with Crippen molar-refractivity contribution in [2.24, 2.45) is 5.92 Å². The largest absolute Gasteiger partial charge is 0.339 e. The maximum Gasteiger partial charge on any atom is 0.229 e. The highest BCUT2D eigenvalue weighted by molar-refractivity contribution is 9.10. The average molecular weight is 379 g/mol. The topological polar surface area (TPSA) is 49.4 Å². The number of amides is 2. The summed E-state index contributed by atoms with van der Waals surface area (Å²) in [7, 11) is 0. The van der Waals surface area contributed by atoms with Gasteiger partial charge in [0.2, 0.25) is 11.8 Å². The van der Waals surface area contributed by atoms with Gasteiger partial charge in [-0.2, -0.15) is 0 Å². The number of nitrogens with one attached hydrogen (secondary N) is 1. The van der Waals surface area contributed by atoms with Crippen molar-refractivity contribution in [2.45, 2.75) is 51.5 Å². The van der Waals surface area contributed by atoms with Crippen LogP contribution in [0.2, 0.25) is 0 Å². The first-order valence-corrected chi connectivity index (χ1v) is 9.20. The molecule has 4 nitrogen and oxygen atoms in total. The molecule has 2 fully saturated rings. The van der Waals surface area contributed by atoms with Crippen LogP contribution < -0.4 is 5.32 Å². The maximum atomic E-state index is 12.5. The molecule has 124 valence electrons. The van der Waals surface area contributed by atoms with Crippen LogP contribution in [0.3, 0.4) is 0 Å². The molecule has 23 heavy (non-hydrogen) atoms. The molecule has 0 spiro atoms. The summed E-state index contributed by atoms with van der Waals surface area (Å²) in [5, 5.41) is 2.98. The minimum absolute atomic E-state index is 0.0397. The molecule has 0 radical (unpaired) electrons. The first-order valence-electron chi connectivity index (χ1n) is 8.41. The van der Waals surface area contributed by atoms with Crippen molar-refractivity contribution >= 4 is 33.4 Å². The zero-order valence-electron chi connectivity index (χ0n) is 13.5. The van der Waals surface area contributed by atoms with Crippen molar-refractivity contribution in [3.05, 3.63) is 28.2 Å². The Hall–Kier alpha value is -1.36. The highest BCUT2D eigenvalue weighted by Gasteiger charge is 2.38. The van der Waals surface area contributed by atoms with Crippen molar-refractivity contribution in [1.82, 2.24) is 4.90 Å². The lowest BCUT2D eigenvalue weighted by Gasteiger charge is -2.31. The molecule has 1 atom stereocenters. The summed E-state index contributed by atoms with van der Waals surface area (Å²) in [6.45, 7) is 2.54. The fourth-order valence-electron chi connectivity index (χ4n) is 3.65. The van der Waals surface area contributed by atoms with E-state index in [1.807, 2.05) is 30.0 Å². The number of halogens is 1. The molecule has 1 saturated heterocycles. The van der Waals surface area contributed by atoms with E-state index in [2.05, 4.69) is 21.2 Å². The van der Waals surface area contributed by atoms with E-state index in [0.29, 0.717) is 19.0 Å². The Balaban J connectivity index is 1.63. The van der Waals surface area contributed by atoms with E-state index in [4.69, 9.17) is 0 Å². The van der Waals surface area contributed by atoms with E-state index < -0.39 is 0 Å². The van der Waals surface area contributed by atoms with Gasteiger partial charge in [0, 0.05) is 29.2 Å². The molecule has 1 heterocycles. The lowest BCUT2D eigenvalue weighted by molar-refractivity contribution is -0.130. The quantitative estimate of drug-likeness (QED) is 0.867. The van der Waals surface area contributed by atoms with Gasteiger partial charge in [-0.25, -0.2) is 0 Å². The standard InChI is InChI=1S/C18H23BrN2O2/c1-12-9-14(19)7-8-16(12)20-18(23)13-10-17(22)21(11-13)15-5-3-2-4-6-15/h7-9,13,15H,2-6,10-11H2,1H3,(H,20,23)/t13-/m1/s1. The van der Waals surface area contributed by atoms with Gasteiger partial charge in [-0.05, 0) is 43.5 Å². The smallest absolute Gasteiger partial charge is 0.229 e. The third-order valence-electron chi connectivity index (χ3n) is 4.99. The number of aryl methyl sites for hydroxylation is 1. The zero-order chi connectivity index (χ0) is 16.4. The van der Waals surface area contributed by atoms with Gasteiger partial charge in [-0.15, -0.1) is 0 Å². The molecular formula is C18H23BrN2O2. The molecule has 2 amide bonds. The summed E-state index contributed by atoms with van der Waals surface area (Å²) >= 11 is 3.42. The number of carbonyl (C=O) groups is 2. The fourth-order valence-corrected chi connectivity index (χ4v) is 4.13. The van der Waals surface area contributed by atoms with E-state index >= 15 is 0 Å². The Bertz CT molecular complexity index is 611. The minimum Gasteiger partial charge on any atom is -0.339 e. The molecule has 1 aromatic carbocycles. The van der Waals surface area contributed by atoms with Crippen LogP contribution in [0.25, 0.3) is 0 Å². The van der Waals surface area contributed by atoms with Crippen molar-refractivity contribution in [2.75, 3.05) is 11.9 Å². The molecule has 0 unspecified atom stereocenters. The number of rotatable bonds is 3. The molecule has 1 saturated carbocycles. The lowest BCUT2D eigenvalue weighted by atomic mass is 9.94. The summed E-state index contributed by atoms with van der Waals surface area (Å²) in [6, 6.07) is 6.14. The SMILES string of the molecule is Cc1cc(Br)ccc1NC(=O)[C@@H]1CC(=O)N(C2CCCCC2)C1. The molecular weight excluding hydrogens is 356 g/mol. The molecule has 0 bridgehead atoms. The van der Waals surface area contributed by atoms with Gasteiger partial charge in [0.05, 0.1) is 5.92 Å². The molecule has 1 N–H and O–H groups in total. The van der Waals surface area contributed by atoms with Crippen LogP contribution in [0.1, 0.15) is 44.1 Å². The number of hydrogen-bond donors (Lipinski definition) is 1. The number of likely N-dealkylation sites (tertiary alicyclic amines) is 1. The van der Waals surface area contributed by atoms with Crippen LogP contribution in [0.15, 0.2) is 22.7 Å². The zero-order valence-corrected chi connectivity index (χ0v) is 15.1. The second-order valence-corrected chi connectivity index (χ2v) is 7.60. The van der Waals surface area contributed by atoms with Gasteiger partial charge >= 0.3 is 0 Å². The Morgan fingerprint density at radius 2 is 2.00 bits per heavy atom. The van der Waals surface area contributed by atoms with Crippen LogP contribution in [-0.4, -0.2) is 29.3 Å². The number of carbonyl (C=O) groups excluding carboxylic acids is 2. The van der Waals surface area contributed by atoms with Gasteiger partial charge in [0.1, 0.15) is 0 Å². The van der Waals surface area contributed by atoms with Gasteiger partial charge in [0.15, 0.2) is 0 Å². The summed E-state index contributed by atoms with van der Waals surface area (Å²) in [5.74, 6) is -0.126. The molecule has 5 heteroatoms. The third kappa shape index (κ3) is 3.77. The Labute approximate surface area is 145 Å². The van der Waals surface area contributed by atoms with E-state index in [0.717, 1.165) is 28.6 Å².